The minimum absolute atomic E-state index is 0.915. The summed E-state index contributed by atoms with van der Waals surface area (Å²) in [5, 5.41) is 20.4. The lowest BCUT2D eigenvalue weighted by Gasteiger charge is -2.04. The number of nitro groups is 1. The molecule has 0 atom stereocenters. The first kappa shape index (κ1) is 9.41. The SMILES string of the molecule is COC(=O)C(=C(C)[O-])[N+](=O)[O-]. The second-order valence-electron chi connectivity index (χ2n) is 1.65. The summed E-state index contributed by atoms with van der Waals surface area (Å²) in [6.45, 7) is 0.926. The van der Waals surface area contributed by atoms with Crippen LogP contribution in [0.2, 0.25) is 0 Å². The fraction of sp³-hybridized carbons (Fsp3) is 0.400. The minimum atomic E-state index is -1.22. The number of nitrogens with zero attached hydrogens (tertiary/aromatic N) is 1. The van der Waals surface area contributed by atoms with Gasteiger partial charge in [-0.05, 0) is 12.7 Å². The van der Waals surface area contributed by atoms with Gasteiger partial charge in [0.15, 0.2) is 0 Å². The lowest BCUT2D eigenvalue weighted by atomic mass is 10.4. The highest BCUT2D eigenvalue weighted by molar-refractivity contribution is 5.85. The molecule has 0 aliphatic carbocycles. The van der Waals surface area contributed by atoms with Crippen LogP contribution < -0.4 is 5.11 Å². The van der Waals surface area contributed by atoms with Gasteiger partial charge < -0.3 is 9.84 Å². The van der Waals surface area contributed by atoms with Crippen molar-refractivity contribution >= 4 is 5.97 Å². The summed E-state index contributed by atoms with van der Waals surface area (Å²) in [6.07, 6.45) is 0. The van der Waals surface area contributed by atoms with Crippen LogP contribution in [0.5, 0.6) is 0 Å². The number of carbonyl (C=O) groups excluding carboxylic acids is 1. The van der Waals surface area contributed by atoms with E-state index in [4.69, 9.17) is 0 Å². The maximum Gasteiger partial charge on any atom is 0.408 e. The number of carbonyl (C=O) groups is 1. The van der Waals surface area contributed by atoms with Crippen LogP contribution in [0.1, 0.15) is 6.92 Å². The number of hydrogen-bond acceptors (Lipinski definition) is 5. The van der Waals surface area contributed by atoms with Crippen molar-refractivity contribution in [2.24, 2.45) is 0 Å². The summed E-state index contributed by atoms with van der Waals surface area (Å²) in [5.74, 6) is -2.13. The van der Waals surface area contributed by atoms with E-state index in [1.165, 1.54) is 0 Å². The molecule has 0 aromatic rings. The second-order valence-corrected chi connectivity index (χ2v) is 1.65. The van der Waals surface area contributed by atoms with Gasteiger partial charge in [-0.15, -0.1) is 0 Å². The Morgan fingerprint density at radius 3 is 2.09 bits per heavy atom. The largest absolute Gasteiger partial charge is 0.871 e. The van der Waals surface area contributed by atoms with Crippen LogP contribution in [0.3, 0.4) is 0 Å². The fourth-order valence-corrected chi connectivity index (χ4v) is 0.443. The van der Waals surface area contributed by atoms with Gasteiger partial charge in [-0.3, -0.25) is 10.1 Å². The Morgan fingerprint density at radius 2 is 2.00 bits per heavy atom. The molecule has 0 saturated heterocycles. The Balaban J connectivity index is 4.79. The topological polar surface area (TPSA) is 92.5 Å². The Labute approximate surface area is 62.2 Å². The average Bonchev–Trinajstić information content (AvgIpc) is 1.85. The zero-order valence-electron chi connectivity index (χ0n) is 5.99. The molecule has 0 radical (unpaired) electrons. The second kappa shape index (κ2) is 3.55. The summed E-state index contributed by atoms with van der Waals surface area (Å²) in [4.78, 5) is 19.4. The van der Waals surface area contributed by atoms with Gasteiger partial charge >= 0.3 is 11.7 Å². The molecule has 0 spiro atoms. The quantitative estimate of drug-likeness (QED) is 0.170. The van der Waals surface area contributed by atoms with Crippen LogP contribution in [-0.2, 0) is 9.53 Å². The highest BCUT2D eigenvalue weighted by atomic mass is 16.6. The highest BCUT2D eigenvalue weighted by Crippen LogP contribution is 2.00. The zero-order valence-corrected chi connectivity index (χ0v) is 5.99. The van der Waals surface area contributed by atoms with E-state index in [-0.39, 0.29) is 0 Å². The molecular formula is C5H6NO5-. The van der Waals surface area contributed by atoms with E-state index in [1.54, 1.807) is 0 Å². The molecule has 0 bridgehead atoms. The first-order valence-corrected chi connectivity index (χ1v) is 2.61. The molecule has 0 rings (SSSR count). The molecule has 0 saturated carbocycles. The van der Waals surface area contributed by atoms with Crippen LogP contribution in [0.15, 0.2) is 11.5 Å². The number of ether oxygens (including phenoxy) is 1. The summed E-state index contributed by atoms with van der Waals surface area (Å²) in [7, 11) is 0.967. The zero-order chi connectivity index (χ0) is 9.02. The number of allylic oxidation sites excluding steroid dienone is 1. The van der Waals surface area contributed by atoms with Gasteiger partial charge in [0.2, 0.25) is 0 Å². The maximum absolute atomic E-state index is 10.5. The van der Waals surface area contributed by atoms with Crippen molar-refractivity contribution in [3.05, 3.63) is 21.6 Å². The third-order valence-electron chi connectivity index (χ3n) is 0.895. The van der Waals surface area contributed by atoms with Crippen molar-refractivity contribution < 1.29 is 19.6 Å². The molecule has 0 aliphatic rings. The average molecular weight is 160 g/mol. The van der Waals surface area contributed by atoms with E-state index in [9.17, 15) is 20.0 Å². The van der Waals surface area contributed by atoms with E-state index in [0.29, 0.717) is 0 Å². The first-order chi connectivity index (χ1) is 5.00. The van der Waals surface area contributed by atoms with E-state index >= 15 is 0 Å². The predicted octanol–water partition coefficient (Wildman–Crippen LogP) is -0.972. The lowest BCUT2D eigenvalue weighted by molar-refractivity contribution is -0.438. The first-order valence-electron chi connectivity index (χ1n) is 2.61. The molecule has 0 aromatic carbocycles. The molecule has 6 nitrogen and oxygen atoms in total. The molecule has 0 heterocycles. The lowest BCUT2D eigenvalue weighted by Crippen LogP contribution is -2.19. The predicted molar refractivity (Wildman–Crippen MR) is 31.7 cm³/mol. The third kappa shape index (κ3) is 2.24. The minimum Gasteiger partial charge on any atom is -0.871 e. The van der Waals surface area contributed by atoms with Crippen LogP contribution in [0.25, 0.3) is 0 Å². The third-order valence-corrected chi connectivity index (χ3v) is 0.895. The summed E-state index contributed by atoms with van der Waals surface area (Å²) in [6, 6.07) is 0. The Kier molecular flexibility index (Phi) is 3.03. The monoisotopic (exact) mass is 160 g/mol. The molecule has 0 aliphatic heterocycles. The molecule has 0 amide bonds. The van der Waals surface area contributed by atoms with Gasteiger partial charge in [-0.1, -0.05) is 0 Å². The van der Waals surface area contributed by atoms with Gasteiger partial charge in [-0.25, -0.2) is 4.79 Å². The molecule has 0 aromatic heterocycles. The molecular weight excluding hydrogens is 154 g/mol. The number of rotatable bonds is 2. The Bertz CT molecular complexity index is 215. The molecule has 62 valence electrons. The van der Waals surface area contributed by atoms with Crippen molar-refractivity contribution in [3.63, 3.8) is 0 Å². The molecule has 6 heteroatoms. The van der Waals surface area contributed by atoms with Crippen molar-refractivity contribution in [3.8, 4) is 0 Å². The van der Waals surface area contributed by atoms with Crippen molar-refractivity contribution in [1.29, 1.82) is 0 Å². The van der Waals surface area contributed by atoms with E-state index in [0.717, 1.165) is 14.0 Å². The van der Waals surface area contributed by atoms with Crippen molar-refractivity contribution in [1.82, 2.24) is 0 Å². The molecule has 11 heavy (non-hydrogen) atoms. The maximum atomic E-state index is 10.5. The van der Waals surface area contributed by atoms with Gasteiger partial charge in [0, 0.05) is 0 Å². The standard InChI is InChI=1S/C5H7NO5/c1-3(7)4(6(9)10)5(8)11-2/h7H,1-2H3/p-1. The van der Waals surface area contributed by atoms with E-state index in [1.807, 2.05) is 0 Å². The van der Waals surface area contributed by atoms with Crippen LogP contribution >= 0.6 is 0 Å². The smallest absolute Gasteiger partial charge is 0.408 e. The normalized spacial score (nSPS) is 11.8. The van der Waals surface area contributed by atoms with E-state index < -0.39 is 22.3 Å². The number of methoxy groups -OCH3 is 1. The Morgan fingerprint density at radius 1 is 1.55 bits per heavy atom. The van der Waals surface area contributed by atoms with Crippen molar-refractivity contribution in [2.75, 3.05) is 7.11 Å². The summed E-state index contributed by atoms with van der Waals surface area (Å²) < 4.78 is 4.00. The fourth-order valence-electron chi connectivity index (χ4n) is 0.443. The number of hydrogen-bond donors (Lipinski definition) is 0. The van der Waals surface area contributed by atoms with E-state index in [2.05, 4.69) is 4.74 Å². The summed E-state index contributed by atoms with van der Waals surface area (Å²) in [5.41, 5.74) is -1.05. The summed E-state index contributed by atoms with van der Waals surface area (Å²) >= 11 is 0. The highest BCUT2D eigenvalue weighted by Gasteiger charge is 2.21. The van der Waals surface area contributed by atoms with Gasteiger partial charge in [-0.2, -0.15) is 0 Å². The van der Waals surface area contributed by atoms with Gasteiger partial charge in [0.25, 0.3) is 0 Å². The van der Waals surface area contributed by atoms with Crippen LogP contribution in [-0.4, -0.2) is 18.0 Å². The molecule has 0 fully saturated rings. The molecule has 0 N–H and O–H groups in total. The molecule has 0 unspecified atom stereocenters. The van der Waals surface area contributed by atoms with Crippen LogP contribution in [0, 0.1) is 10.1 Å². The number of esters is 1. The van der Waals surface area contributed by atoms with Crippen molar-refractivity contribution in [2.45, 2.75) is 6.92 Å². The van der Waals surface area contributed by atoms with Gasteiger partial charge in [0.1, 0.15) is 0 Å². The van der Waals surface area contributed by atoms with Crippen LogP contribution in [0.4, 0.5) is 0 Å². The van der Waals surface area contributed by atoms with Gasteiger partial charge in [0.05, 0.1) is 12.0 Å². The Hall–Kier alpha value is -1.59.